The second kappa shape index (κ2) is 6.71. The van der Waals surface area contributed by atoms with Gasteiger partial charge in [0.1, 0.15) is 6.61 Å². The molecule has 0 atom stereocenters. The van der Waals surface area contributed by atoms with Crippen molar-refractivity contribution in [2.24, 2.45) is 0 Å². The fraction of sp³-hybridized carbons (Fsp3) is 0.188. The molecule has 2 aromatic carbocycles. The molecule has 0 spiro atoms. The molecule has 0 heterocycles. The lowest BCUT2D eigenvalue weighted by molar-refractivity contribution is -0.385. The van der Waals surface area contributed by atoms with Gasteiger partial charge < -0.3 is 9.64 Å². The topological polar surface area (TPSA) is 72.7 Å². The minimum atomic E-state index is -0.512. The van der Waals surface area contributed by atoms with Gasteiger partial charge in [-0.25, -0.2) is 4.79 Å². The summed E-state index contributed by atoms with van der Waals surface area (Å²) in [5, 5.41) is 10.9. The molecule has 0 amide bonds. The van der Waals surface area contributed by atoms with Crippen molar-refractivity contribution in [3.63, 3.8) is 0 Å². The van der Waals surface area contributed by atoms with Crippen LogP contribution in [0, 0.1) is 10.1 Å². The van der Waals surface area contributed by atoms with Gasteiger partial charge in [-0.15, -0.1) is 0 Å². The van der Waals surface area contributed by atoms with Crippen LogP contribution in [0.25, 0.3) is 0 Å². The molecule has 0 aliphatic heterocycles. The fourth-order valence-corrected chi connectivity index (χ4v) is 1.95. The highest BCUT2D eigenvalue weighted by atomic mass is 16.6. The number of carbonyl (C=O) groups is 1. The normalized spacial score (nSPS) is 10.1. The Kier molecular flexibility index (Phi) is 4.73. The lowest BCUT2D eigenvalue weighted by atomic mass is 10.2. The molecule has 6 nitrogen and oxygen atoms in total. The van der Waals surface area contributed by atoms with Gasteiger partial charge in [0.2, 0.25) is 0 Å². The first-order valence-electron chi connectivity index (χ1n) is 6.66. The number of nitro benzene ring substituents is 1. The minimum absolute atomic E-state index is 0.0580. The quantitative estimate of drug-likeness (QED) is 0.482. The van der Waals surface area contributed by atoms with Crippen molar-refractivity contribution in [1.29, 1.82) is 0 Å². The maximum absolute atomic E-state index is 12.1. The van der Waals surface area contributed by atoms with E-state index in [1.807, 2.05) is 25.1 Å². The Bertz CT molecular complexity index is 698. The summed E-state index contributed by atoms with van der Waals surface area (Å²) in [5.41, 5.74) is 1.59. The molecule has 0 saturated heterocycles. The Labute approximate surface area is 128 Å². The highest BCUT2D eigenvalue weighted by Gasteiger charge is 2.15. The van der Waals surface area contributed by atoms with E-state index in [0.717, 1.165) is 5.69 Å². The molecule has 22 heavy (non-hydrogen) atoms. The third-order valence-corrected chi connectivity index (χ3v) is 3.15. The molecule has 0 aliphatic carbocycles. The number of carbonyl (C=O) groups excluding carboxylic acids is 1. The van der Waals surface area contributed by atoms with Crippen molar-refractivity contribution in [3.8, 4) is 0 Å². The first kappa shape index (κ1) is 15.5. The molecule has 2 rings (SSSR count). The summed E-state index contributed by atoms with van der Waals surface area (Å²) in [6.45, 7) is -0.137. The SMILES string of the molecule is CN(C)c1cccc(C(=O)OCc2ccccc2[N+](=O)[O-])c1. The van der Waals surface area contributed by atoms with Gasteiger partial charge in [0.05, 0.1) is 16.1 Å². The van der Waals surface area contributed by atoms with Crippen LogP contribution in [-0.2, 0) is 11.3 Å². The van der Waals surface area contributed by atoms with E-state index < -0.39 is 10.9 Å². The summed E-state index contributed by atoms with van der Waals surface area (Å²) in [6, 6.07) is 13.2. The summed E-state index contributed by atoms with van der Waals surface area (Å²) in [5.74, 6) is -0.512. The van der Waals surface area contributed by atoms with Crippen LogP contribution in [0.2, 0.25) is 0 Å². The zero-order valence-corrected chi connectivity index (χ0v) is 12.4. The van der Waals surface area contributed by atoms with E-state index in [0.29, 0.717) is 11.1 Å². The fourth-order valence-electron chi connectivity index (χ4n) is 1.95. The third kappa shape index (κ3) is 3.60. The van der Waals surface area contributed by atoms with Gasteiger partial charge in [0.25, 0.3) is 5.69 Å². The van der Waals surface area contributed by atoms with Gasteiger partial charge in [-0.2, -0.15) is 0 Å². The second-order valence-electron chi connectivity index (χ2n) is 4.91. The van der Waals surface area contributed by atoms with Gasteiger partial charge in [0, 0.05) is 25.8 Å². The minimum Gasteiger partial charge on any atom is -0.457 e. The molecule has 0 saturated carbocycles. The molecule has 0 fully saturated rings. The average molecular weight is 300 g/mol. The van der Waals surface area contributed by atoms with Crippen LogP contribution in [0.5, 0.6) is 0 Å². The van der Waals surface area contributed by atoms with Crippen LogP contribution in [0.15, 0.2) is 48.5 Å². The van der Waals surface area contributed by atoms with Crippen LogP contribution in [-0.4, -0.2) is 25.0 Å². The number of hydrogen-bond donors (Lipinski definition) is 0. The molecule has 2 aromatic rings. The first-order valence-corrected chi connectivity index (χ1v) is 6.66. The predicted molar refractivity (Wildman–Crippen MR) is 83.0 cm³/mol. The number of anilines is 1. The maximum Gasteiger partial charge on any atom is 0.338 e. The Morgan fingerprint density at radius 1 is 1.18 bits per heavy atom. The van der Waals surface area contributed by atoms with Crippen LogP contribution in [0.1, 0.15) is 15.9 Å². The summed E-state index contributed by atoms with van der Waals surface area (Å²) < 4.78 is 5.18. The molecule has 0 radical (unpaired) electrons. The number of nitro groups is 1. The summed E-state index contributed by atoms with van der Waals surface area (Å²) in [4.78, 5) is 24.4. The number of para-hydroxylation sites is 1. The van der Waals surface area contributed by atoms with E-state index in [-0.39, 0.29) is 12.3 Å². The summed E-state index contributed by atoms with van der Waals surface area (Å²) in [7, 11) is 3.75. The van der Waals surface area contributed by atoms with Gasteiger partial charge in [-0.05, 0) is 24.3 Å². The highest BCUT2D eigenvalue weighted by Crippen LogP contribution is 2.20. The zero-order chi connectivity index (χ0) is 16.1. The summed E-state index contributed by atoms with van der Waals surface area (Å²) >= 11 is 0. The molecule has 0 aromatic heterocycles. The molecule has 0 aliphatic rings. The average Bonchev–Trinajstić information content (AvgIpc) is 2.52. The molecular weight excluding hydrogens is 284 g/mol. The number of hydrogen-bond acceptors (Lipinski definition) is 5. The van der Waals surface area contributed by atoms with Gasteiger partial charge in [-0.1, -0.05) is 18.2 Å². The van der Waals surface area contributed by atoms with E-state index in [1.165, 1.54) is 6.07 Å². The van der Waals surface area contributed by atoms with Crippen molar-refractivity contribution in [2.45, 2.75) is 6.61 Å². The van der Waals surface area contributed by atoms with Crippen LogP contribution in [0.4, 0.5) is 11.4 Å². The standard InChI is InChI=1S/C16H16N2O4/c1-17(2)14-8-5-7-12(10-14)16(19)22-11-13-6-3-4-9-15(13)18(20)21/h3-10H,11H2,1-2H3. The van der Waals surface area contributed by atoms with Gasteiger partial charge >= 0.3 is 5.97 Å². The Morgan fingerprint density at radius 2 is 1.91 bits per heavy atom. The van der Waals surface area contributed by atoms with E-state index >= 15 is 0 Å². The van der Waals surface area contributed by atoms with E-state index in [9.17, 15) is 14.9 Å². The zero-order valence-electron chi connectivity index (χ0n) is 12.4. The smallest absolute Gasteiger partial charge is 0.338 e. The van der Waals surface area contributed by atoms with Gasteiger partial charge in [0.15, 0.2) is 0 Å². The van der Waals surface area contributed by atoms with E-state index in [4.69, 9.17) is 4.74 Å². The van der Waals surface area contributed by atoms with Crippen molar-refractivity contribution < 1.29 is 14.5 Å². The number of rotatable bonds is 5. The highest BCUT2D eigenvalue weighted by molar-refractivity contribution is 5.90. The molecule has 6 heteroatoms. The number of nitrogens with zero attached hydrogens (tertiary/aromatic N) is 2. The molecule has 0 unspecified atom stereocenters. The van der Waals surface area contributed by atoms with E-state index in [1.54, 1.807) is 36.4 Å². The van der Waals surface area contributed by atoms with Crippen molar-refractivity contribution in [1.82, 2.24) is 0 Å². The van der Waals surface area contributed by atoms with Crippen molar-refractivity contribution in [2.75, 3.05) is 19.0 Å². The number of ether oxygens (including phenoxy) is 1. The predicted octanol–water partition coefficient (Wildman–Crippen LogP) is 3.02. The Balaban J connectivity index is 2.11. The molecule has 0 N–H and O–H groups in total. The van der Waals surface area contributed by atoms with Gasteiger partial charge in [-0.3, -0.25) is 10.1 Å². The van der Waals surface area contributed by atoms with E-state index in [2.05, 4.69) is 0 Å². The lowest BCUT2D eigenvalue weighted by Gasteiger charge is -2.13. The molecule has 114 valence electrons. The molecular formula is C16H16N2O4. The number of esters is 1. The third-order valence-electron chi connectivity index (χ3n) is 3.15. The van der Waals surface area contributed by atoms with Crippen LogP contribution in [0.3, 0.4) is 0 Å². The second-order valence-corrected chi connectivity index (χ2v) is 4.91. The first-order chi connectivity index (χ1) is 10.5. The van der Waals surface area contributed by atoms with Crippen molar-refractivity contribution in [3.05, 3.63) is 69.8 Å². The Morgan fingerprint density at radius 3 is 2.59 bits per heavy atom. The number of benzene rings is 2. The maximum atomic E-state index is 12.1. The monoisotopic (exact) mass is 300 g/mol. The van der Waals surface area contributed by atoms with Crippen LogP contribution >= 0.6 is 0 Å². The largest absolute Gasteiger partial charge is 0.457 e. The van der Waals surface area contributed by atoms with Crippen LogP contribution < -0.4 is 4.90 Å². The lowest BCUT2D eigenvalue weighted by Crippen LogP contribution is -2.11. The van der Waals surface area contributed by atoms with Crippen molar-refractivity contribution >= 4 is 17.3 Å². The Hall–Kier alpha value is -2.89. The molecule has 0 bridgehead atoms. The summed E-state index contributed by atoms with van der Waals surface area (Å²) in [6.07, 6.45) is 0.